The van der Waals surface area contributed by atoms with Crippen LogP contribution in [-0.4, -0.2) is 34.9 Å². The molecule has 0 saturated heterocycles. The fourth-order valence-electron chi connectivity index (χ4n) is 3.80. The number of aromatic amines is 1. The van der Waals surface area contributed by atoms with Gasteiger partial charge in [0.15, 0.2) is 17.3 Å². The number of hydrogen-bond donors (Lipinski definition) is 3. The predicted molar refractivity (Wildman–Crippen MR) is 118 cm³/mol. The molecule has 11 heteroatoms. The number of aliphatic hydroxyl groups excluding tert-OH is 1. The zero-order valence-electron chi connectivity index (χ0n) is 17.7. The van der Waals surface area contributed by atoms with Crippen molar-refractivity contribution in [2.24, 2.45) is 0 Å². The van der Waals surface area contributed by atoms with Crippen LogP contribution in [0.25, 0.3) is 28.2 Å². The largest absolute Gasteiger partial charge is 0.381 e. The minimum absolute atomic E-state index is 0.0485. The number of H-pyrrole nitrogens is 1. The zero-order chi connectivity index (χ0) is 24.0. The van der Waals surface area contributed by atoms with Crippen LogP contribution in [0.15, 0.2) is 48.7 Å². The van der Waals surface area contributed by atoms with Crippen molar-refractivity contribution in [3.8, 4) is 28.6 Å². The lowest BCUT2D eigenvalue weighted by atomic mass is 10.0. The molecular formula is C23H16F2N8O. The average molecular weight is 458 g/mol. The highest BCUT2D eigenvalue weighted by Crippen LogP contribution is 2.36. The van der Waals surface area contributed by atoms with Gasteiger partial charge in [-0.1, -0.05) is 24.3 Å². The second-order valence-corrected chi connectivity index (χ2v) is 7.48. The lowest BCUT2D eigenvalue weighted by Gasteiger charge is -2.12. The first-order valence-corrected chi connectivity index (χ1v) is 10.1. The molecule has 0 bridgehead atoms. The number of nitrogens with one attached hydrogen (secondary N) is 1. The van der Waals surface area contributed by atoms with E-state index in [-0.39, 0.29) is 17.3 Å². The van der Waals surface area contributed by atoms with E-state index in [1.165, 1.54) is 10.6 Å². The molecule has 0 aliphatic heterocycles. The van der Waals surface area contributed by atoms with Crippen molar-refractivity contribution in [3.63, 3.8) is 0 Å². The first-order valence-electron chi connectivity index (χ1n) is 10.1. The van der Waals surface area contributed by atoms with E-state index in [9.17, 15) is 19.1 Å². The van der Waals surface area contributed by atoms with Gasteiger partial charge < -0.3 is 10.8 Å². The molecule has 0 aliphatic carbocycles. The first-order chi connectivity index (χ1) is 16.4. The molecule has 0 spiro atoms. The van der Waals surface area contributed by atoms with Gasteiger partial charge in [0.1, 0.15) is 29.1 Å². The first kappa shape index (κ1) is 21.2. The summed E-state index contributed by atoms with van der Waals surface area (Å²) >= 11 is 0. The number of aliphatic hydroxyl groups is 1. The Morgan fingerprint density at radius 3 is 2.50 bits per heavy atom. The summed E-state index contributed by atoms with van der Waals surface area (Å²) in [4.78, 5) is 8.72. The van der Waals surface area contributed by atoms with Gasteiger partial charge in [-0.3, -0.25) is 5.10 Å². The van der Waals surface area contributed by atoms with E-state index in [0.29, 0.717) is 33.8 Å². The van der Waals surface area contributed by atoms with Gasteiger partial charge in [-0.05, 0) is 25.1 Å². The molecule has 5 aromatic rings. The van der Waals surface area contributed by atoms with Crippen LogP contribution in [0, 0.1) is 29.9 Å². The summed E-state index contributed by atoms with van der Waals surface area (Å²) in [7, 11) is 0. The lowest BCUT2D eigenvalue weighted by Crippen LogP contribution is -2.08. The summed E-state index contributed by atoms with van der Waals surface area (Å²) < 4.78 is 29.9. The third kappa shape index (κ3) is 3.25. The lowest BCUT2D eigenvalue weighted by molar-refractivity contribution is 0.199. The number of aryl methyl sites for hydroxylation is 1. The number of hydrogen-bond acceptors (Lipinski definition) is 7. The molecule has 0 aliphatic rings. The number of benzene rings is 2. The molecule has 0 radical (unpaired) electrons. The predicted octanol–water partition coefficient (Wildman–Crippen LogP) is 3.30. The molecule has 1 unspecified atom stereocenters. The molecule has 3 aromatic heterocycles. The third-order valence-electron chi connectivity index (χ3n) is 5.43. The molecule has 34 heavy (non-hydrogen) atoms. The van der Waals surface area contributed by atoms with Gasteiger partial charge in [0.2, 0.25) is 0 Å². The van der Waals surface area contributed by atoms with Crippen LogP contribution in [0.3, 0.4) is 0 Å². The van der Waals surface area contributed by atoms with Crippen LogP contribution in [0.1, 0.15) is 28.7 Å². The number of nitrogens with two attached hydrogens (primary N) is 1. The van der Waals surface area contributed by atoms with E-state index in [1.807, 2.05) is 0 Å². The average Bonchev–Trinajstić information content (AvgIpc) is 3.46. The maximum atomic E-state index is 14.3. The van der Waals surface area contributed by atoms with Crippen molar-refractivity contribution >= 4 is 11.5 Å². The smallest absolute Gasteiger partial charge is 0.199 e. The summed E-state index contributed by atoms with van der Waals surface area (Å²) in [6, 6.07) is 12.2. The van der Waals surface area contributed by atoms with Crippen LogP contribution in [-0.2, 0) is 0 Å². The standard InChI is InChI=1S/C23H16F2N8O/c1-11-14(10-28-31-11)19-18(13-6-3-2-5-12(13)9-26)29-21(27)23-30-22(32-33(19)23)20(34)17-15(24)7-4-8-16(17)25/h2-8,10,20,34H,1H3,(H2,27,29)(H,28,31). The number of nitrogen functional groups attached to an aromatic ring is 1. The molecule has 3 heterocycles. The Bertz CT molecular complexity index is 1580. The topological polar surface area (TPSA) is 142 Å². The molecule has 4 N–H and O–H groups in total. The van der Waals surface area contributed by atoms with Crippen LogP contribution in [0.4, 0.5) is 14.6 Å². The summed E-state index contributed by atoms with van der Waals surface area (Å²) in [5.41, 5.74) is 8.42. The zero-order valence-corrected chi connectivity index (χ0v) is 17.7. The number of nitriles is 1. The van der Waals surface area contributed by atoms with E-state index in [2.05, 4.69) is 31.3 Å². The molecule has 1 atom stereocenters. The van der Waals surface area contributed by atoms with E-state index in [4.69, 9.17) is 5.73 Å². The quantitative estimate of drug-likeness (QED) is 0.375. The van der Waals surface area contributed by atoms with Gasteiger partial charge in [-0.15, -0.1) is 5.10 Å². The highest BCUT2D eigenvalue weighted by molar-refractivity contribution is 5.85. The Morgan fingerprint density at radius 1 is 1.09 bits per heavy atom. The van der Waals surface area contributed by atoms with E-state index in [0.717, 1.165) is 12.1 Å². The number of halogens is 2. The number of nitrogens with zero attached hydrogens (tertiary/aromatic N) is 6. The Morgan fingerprint density at radius 2 is 1.82 bits per heavy atom. The van der Waals surface area contributed by atoms with Crippen LogP contribution in [0.2, 0.25) is 0 Å². The minimum atomic E-state index is -1.80. The molecule has 9 nitrogen and oxygen atoms in total. The van der Waals surface area contributed by atoms with Gasteiger partial charge in [0, 0.05) is 17.3 Å². The van der Waals surface area contributed by atoms with Crippen molar-refractivity contribution < 1.29 is 13.9 Å². The second-order valence-electron chi connectivity index (χ2n) is 7.48. The van der Waals surface area contributed by atoms with Crippen molar-refractivity contribution in [2.45, 2.75) is 13.0 Å². The molecule has 2 aromatic carbocycles. The van der Waals surface area contributed by atoms with Gasteiger partial charge >= 0.3 is 0 Å². The molecule has 168 valence electrons. The highest BCUT2D eigenvalue weighted by Gasteiger charge is 2.27. The van der Waals surface area contributed by atoms with Crippen molar-refractivity contribution in [3.05, 3.63) is 82.9 Å². The summed E-state index contributed by atoms with van der Waals surface area (Å²) in [5, 5.41) is 31.6. The fourth-order valence-corrected chi connectivity index (χ4v) is 3.80. The van der Waals surface area contributed by atoms with Crippen LogP contribution < -0.4 is 5.73 Å². The third-order valence-corrected chi connectivity index (χ3v) is 5.43. The molecule has 0 fully saturated rings. The molecule has 0 amide bonds. The SMILES string of the molecule is Cc1n[nH]cc1-c1c(-c2ccccc2C#N)nc(N)c2nc(C(O)c3c(F)cccc3F)nn12. The Hall–Kier alpha value is -4.69. The van der Waals surface area contributed by atoms with Crippen LogP contribution >= 0.6 is 0 Å². The second kappa shape index (κ2) is 8.02. The molecule has 5 rings (SSSR count). The number of fused-ring (bicyclic) bond motifs is 1. The highest BCUT2D eigenvalue weighted by atomic mass is 19.1. The maximum absolute atomic E-state index is 14.3. The summed E-state index contributed by atoms with van der Waals surface area (Å²) in [6.45, 7) is 1.76. The Kier molecular flexibility index (Phi) is 4.99. The van der Waals surface area contributed by atoms with E-state index >= 15 is 0 Å². The van der Waals surface area contributed by atoms with Crippen molar-refractivity contribution in [1.29, 1.82) is 5.26 Å². The van der Waals surface area contributed by atoms with Crippen LogP contribution in [0.5, 0.6) is 0 Å². The number of anilines is 1. The van der Waals surface area contributed by atoms with E-state index < -0.39 is 23.3 Å². The van der Waals surface area contributed by atoms with Gasteiger partial charge in [0.05, 0.1) is 22.9 Å². The summed E-state index contributed by atoms with van der Waals surface area (Å²) in [5.74, 6) is -2.20. The van der Waals surface area contributed by atoms with Crippen molar-refractivity contribution in [2.75, 3.05) is 5.73 Å². The van der Waals surface area contributed by atoms with E-state index in [1.54, 1.807) is 37.4 Å². The van der Waals surface area contributed by atoms with Gasteiger partial charge in [-0.25, -0.2) is 23.3 Å². The molecular weight excluding hydrogens is 442 g/mol. The maximum Gasteiger partial charge on any atom is 0.199 e. The number of aromatic nitrogens is 6. The Balaban J connectivity index is 1.83. The minimum Gasteiger partial charge on any atom is -0.381 e. The Labute approximate surface area is 191 Å². The number of rotatable bonds is 4. The monoisotopic (exact) mass is 458 g/mol. The van der Waals surface area contributed by atoms with Crippen molar-refractivity contribution in [1.82, 2.24) is 29.8 Å². The van der Waals surface area contributed by atoms with Gasteiger partial charge in [0.25, 0.3) is 0 Å². The van der Waals surface area contributed by atoms with Gasteiger partial charge in [-0.2, -0.15) is 10.4 Å². The normalized spacial score (nSPS) is 12.1. The molecule has 0 saturated carbocycles. The fraction of sp³-hybridized carbons (Fsp3) is 0.0870. The summed E-state index contributed by atoms with van der Waals surface area (Å²) in [6.07, 6.45) is -0.178.